The fourth-order valence-corrected chi connectivity index (χ4v) is 1.98. The zero-order chi connectivity index (χ0) is 12.9. The van der Waals surface area contributed by atoms with Crippen molar-refractivity contribution in [2.75, 3.05) is 20.1 Å². The Morgan fingerprint density at radius 1 is 1.41 bits per heavy atom. The first-order valence-corrected chi connectivity index (χ1v) is 6.12. The van der Waals surface area contributed by atoms with E-state index in [0.717, 1.165) is 25.1 Å². The van der Waals surface area contributed by atoms with Gasteiger partial charge in [-0.15, -0.1) is 0 Å². The van der Waals surface area contributed by atoms with Crippen molar-refractivity contribution in [2.24, 2.45) is 11.1 Å². The normalized spacial score (nSPS) is 14.9. The summed E-state index contributed by atoms with van der Waals surface area (Å²) >= 11 is 0. The molecule has 0 heterocycles. The van der Waals surface area contributed by atoms with Crippen LogP contribution in [0.25, 0.3) is 0 Å². The highest BCUT2D eigenvalue weighted by atomic mass is 19.1. The van der Waals surface area contributed by atoms with Crippen LogP contribution in [0.3, 0.4) is 0 Å². The summed E-state index contributed by atoms with van der Waals surface area (Å²) in [6.45, 7) is 6.71. The van der Waals surface area contributed by atoms with Gasteiger partial charge in [-0.2, -0.15) is 0 Å². The van der Waals surface area contributed by atoms with Gasteiger partial charge in [0.05, 0.1) is 0 Å². The van der Waals surface area contributed by atoms with Gasteiger partial charge in [-0.05, 0) is 43.1 Å². The summed E-state index contributed by atoms with van der Waals surface area (Å²) in [5.74, 6) is -0.173. The van der Waals surface area contributed by atoms with E-state index in [2.05, 4.69) is 25.8 Å². The third-order valence-electron chi connectivity index (χ3n) is 3.34. The lowest BCUT2D eigenvalue weighted by Crippen LogP contribution is -2.38. The minimum Gasteiger partial charge on any atom is -0.330 e. The van der Waals surface area contributed by atoms with Crippen LogP contribution in [0.1, 0.15) is 25.8 Å². The first-order valence-electron chi connectivity index (χ1n) is 6.12. The smallest absolute Gasteiger partial charge is 0.123 e. The number of benzene rings is 1. The second-order valence-electron chi connectivity index (χ2n) is 5.17. The average Bonchev–Trinajstić information content (AvgIpc) is 2.28. The molecule has 1 unspecified atom stereocenters. The standard InChI is InChI=1S/C14H23FN2/c1-4-14(2,10-16)11-17(3)9-12-6-5-7-13(15)8-12/h5-8H,4,9-11,16H2,1-3H3. The number of hydrogen-bond donors (Lipinski definition) is 1. The van der Waals surface area contributed by atoms with Crippen LogP contribution in [0.15, 0.2) is 24.3 Å². The first kappa shape index (κ1) is 14.1. The summed E-state index contributed by atoms with van der Waals surface area (Å²) in [5.41, 5.74) is 6.94. The molecule has 3 heteroatoms. The molecule has 1 atom stereocenters. The summed E-state index contributed by atoms with van der Waals surface area (Å²) in [6.07, 6.45) is 1.05. The average molecular weight is 238 g/mol. The molecule has 0 amide bonds. The van der Waals surface area contributed by atoms with Crippen LogP contribution in [0, 0.1) is 11.2 Å². The third kappa shape index (κ3) is 4.44. The number of rotatable bonds is 6. The van der Waals surface area contributed by atoms with Gasteiger partial charge in [-0.3, -0.25) is 0 Å². The molecule has 1 aromatic carbocycles. The van der Waals surface area contributed by atoms with E-state index in [4.69, 9.17) is 5.73 Å². The van der Waals surface area contributed by atoms with Crippen molar-refractivity contribution in [1.29, 1.82) is 0 Å². The van der Waals surface area contributed by atoms with E-state index in [0.29, 0.717) is 6.54 Å². The highest BCUT2D eigenvalue weighted by Gasteiger charge is 2.21. The molecule has 0 aliphatic heterocycles. The maximum Gasteiger partial charge on any atom is 0.123 e. The number of nitrogens with zero attached hydrogens (tertiary/aromatic N) is 1. The van der Waals surface area contributed by atoms with Gasteiger partial charge < -0.3 is 10.6 Å². The van der Waals surface area contributed by atoms with Gasteiger partial charge in [0.25, 0.3) is 0 Å². The predicted octanol–water partition coefficient (Wildman–Crippen LogP) is 2.63. The van der Waals surface area contributed by atoms with E-state index >= 15 is 0 Å². The van der Waals surface area contributed by atoms with Crippen molar-refractivity contribution in [2.45, 2.75) is 26.8 Å². The summed E-state index contributed by atoms with van der Waals surface area (Å²) in [4.78, 5) is 2.20. The van der Waals surface area contributed by atoms with E-state index < -0.39 is 0 Å². The summed E-state index contributed by atoms with van der Waals surface area (Å²) < 4.78 is 13.0. The molecule has 0 aliphatic rings. The monoisotopic (exact) mass is 238 g/mol. The van der Waals surface area contributed by atoms with Crippen LogP contribution in [-0.4, -0.2) is 25.0 Å². The highest BCUT2D eigenvalue weighted by molar-refractivity contribution is 5.16. The van der Waals surface area contributed by atoms with Gasteiger partial charge in [0, 0.05) is 13.1 Å². The molecule has 1 rings (SSSR count). The molecule has 0 saturated carbocycles. The molecule has 2 N–H and O–H groups in total. The second-order valence-corrected chi connectivity index (χ2v) is 5.17. The van der Waals surface area contributed by atoms with Crippen molar-refractivity contribution < 1.29 is 4.39 Å². The van der Waals surface area contributed by atoms with Crippen molar-refractivity contribution >= 4 is 0 Å². The van der Waals surface area contributed by atoms with E-state index in [1.165, 1.54) is 6.07 Å². The maximum absolute atomic E-state index is 13.0. The van der Waals surface area contributed by atoms with Gasteiger partial charge in [-0.1, -0.05) is 26.0 Å². The molecule has 0 aliphatic carbocycles. The van der Waals surface area contributed by atoms with Gasteiger partial charge in [0.1, 0.15) is 5.82 Å². The lowest BCUT2D eigenvalue weighted by molar-refractivity contribution is 0.186. The first-order chi connectivity index (χ1) is 7.99. The van der Waals surface area contributed by atoms with Gasteiger partial charge in [-0.25, -0.2) is 4.39 Å². The Balaban J connectivity index is 2.58. The van der Waals surface area contributed by atoms with Crippen LogP contribution in [0.2, 0.25) is 0 Å². The van der Waals surface area contributed by atoms with E-state index in [9.17, 15) is 4.39 Å². The third-order valence-corrected chi connectivity index (χ3v) is 3.34. The molecule has 0 bridgehead atoms. The Morgan fingerprint density at radius 2 is 2.12 bits per heavy atom. The van der Waals surface area contributed by atoms with Gasteiger partial charge >= 0.3 is 0 Å². The largest absolute Gasteiger partial charge is 0.330 e. The lowest BCUT2D eigenvalue weighted by atomic mass is 9.87. The van der Waals surface area contributed by atoms with E-state index in [1.807, 2.05) is 6.07 Å². The summed E-state index contributed by atoms with van der Waals surface area (Å²) in [6, 6.07) is 6.76. The fourth-order valence-electron chi connectivity index (χ4n) is 1.98. The number of hydrogen-bond acceptors (Lipinski definition) is 2. The number of nitrogens with two attached hydrogens (primary N) is 1. The SMILES string of the molecule is CCC(C)(CN)CN(C)Cc1cccc(F)c1. The maximum atomic E-state index is 13.0. The molecule has 0 spiro atoms. The van der Waals surface area contributed by atoms with Gasteiger partial charge in [0.2, 0.25) is 0 Å². The Hall–Kier alpha value is -0.930. The number of halogens is 1. The topological polar surface area (TPSA) is 29.3 Å². The van der Waals surface area contributed by atoms with Crippen LogP contribution in [0.5, 0.6) is 0 Å². The lowest BCUT2D eigenvalue weighted by Gasteiger charge is -2.31. The Kier molecular flexibility index (Phi) is 5.09. The quantitative estimate of drug-likeness (QED) is 0.825. The minimum absolute atomic E-state index is 0.141. The predicted molar refractivity (Wildman–Crippen MR) is 70.2 cm³/mol. The van der Waals surface area contributed by atoms with Crippen LogP contribution in [-0.2, 0) is 6.54 Å². The Bertz CT molecular complexity index is 348. The van der Waals surface area contributed by atoms with E-state index in [-0.39, 0.29) is 11.2 Å². The van der Waals surface area contributed by atoms with Crippen molar-refractivity contribution in [3.63, 3.8) is 0 Å². The highest BCUT2D eigenvalue weighted by Crippen LogP contribution is 2.21. The molecule has 0 fully saturated rings. The van der Waals surface area contributed by atoms with Crippen LogP contribution in [0.4, 0.5) is 4.39 Å². The van der Waals surface area contributed by atoms with Crippen LogP contribution >= 0.6 is 0 Å². The molecule has 17 heavy (non-hydrogen) atoms. The molecular weight excluding hydrogens is 215 g/mol. The summed E-state index contributed by atoms with van der Waals surface area (Å²) in [5, 5.41) is 0. The second kappa shape index (κ2) is 6.12. The Labute approximate surface area is 104 Å². The van der Waals surface area contributed by atoms with Crippen molar-refractivity contribution in [3.05, 3.63) is 35.6 Å². The molecular formula is C14H23FN2. The Morgan fingerprint density at radius 3 is 2.65 bits per heavy atom. The molecule has 2 nitrogen and oxygen atoms in total. The zero-order valence-corrected chi connectivity index (χ0v) is 11.0. The van der Waals surface area contributed by atoms with Crippen molar-refractivity contribution in [1.82, 2.24) is 4.90 Å². The van der Waals surface area contributed by atoms with Crippen LogP contribution < -0.4 is 5.73 Å². The molecule has 96 valence electrons. The fraction of sp³-hybridized carbons (Fsp3) is 0.571. The molecule has 0 saturated heterocycles. The minimum atomic E-state index is -0.173. The van der Waals surface area contributed by atoms with Crippen molar-refractivity contribution in [3.8, 4) is 0 Å². The molecule has 0 radical (unpaired) electrons. The molecule has 0 aromatic heterocycles. The zero-order valence-electron chi connectivity index (χ0n) is 11.0. The molecule has 1 aromatic rings. The van der Waals surface area contributed by atoms with E-state index in [1.54, 1.807) is 12.1 Å². The van der Waals surface area contributed by atoms with Gasteiger partial charge in [0.15, 0.2) is 0 Å². The summed E-state index contributed by atoms with van der Waals surface area (Å²) in [7, 11) is 2.05.